The Morgan fingerprint density at radius 3 is 1.03 bits per heavy atom. The van der Waals surface area contributed by atoms with Gasteiger partial charge in [-0.1, -0.05) is 154 Å². The molecule has 0 fully saturated rings. The van der Waals surface area contributed by atoms with Gasteiger partial charge >= 0.3 is 0 Å². The molecular weight excluding hydrogens is 410 g/mol. The number of allylic oxidation sites excluding steroid dienone is 2. The van der Waals surface area contributed by atoms with Crippen LogP contribution in [0, 0.1) is 0 Å². The molecule has 0 unspecified atom stereocenters. The highest BCUT2D eigenvalue weighted by Gasteiger charge is 2.10. The lowest BCUT2D eigenvalue weighted by molar-refractivity contribution is 0.251. The topological polar surface area (TPSA) is 3.24 Å². The molecule has 1 nitrogen and oxygen atoms in total. The molecule has 0 aromatic carbocycles. The Kier molecular flexibility index (Phi) is 28.7. The van der Waals surface area contributed by atoms with Crippen LogP contribution in [0.5, 0.6) is 0 Å². The number of rotatable bonds is 28. The van der Waals surface area contributed by atoms with Crippen LogP contribution in [-0.2, 0) is 0 Å². The standard InChI is InChI=1S/C33H67N/c1-5-7-9-11-13-14-15-16-17-18-19-20-21-22-23-24-26-28-30-32-33(34(3)4)31-29-27-25-12-10-8-6-2/h16-17,33H,5-15,18-32H2,1-4H3/b17-16-/t33-/m1/s1. The van der Waals surface area contributed by atoms with Crippen LogP contribution in [0.4, 0.5) is 0 Å². The fourth-order valence-corrected chi connectivity index (χ4v) is 5.16. The number of unbranched alkanes of at least 4 members (excludes halogenated alkanes) is 21. The summed E-state index contributed by atoms with van der Waals surface area (Å²) in [5.74, 6) is 0. The van der Waals surface area contributed by atoms with Crippen molar-refractivity contribution >= 4 is 0 Å². The molecule has 0 aliphatic carbocycles. The van der Waals surface area contributed by atoms with Gasteiger partial charge in [-0.3, -0.25) is 0 Å². The molecule has 0 aliphatic rings. The molecular formula is C33H67N. The Bertz CT molecular complexity index is 386. The average Bonchev–Trinajstić information content (AvgIpc) is 2.83. The van der Waals surface area contributed by atoms with E-state index >= 15 is 0 Å². The van der Waals surface area contributed by atoms with Crippen LogP contribution in [0.15, 0.2) is 12.2 Å². The highest BCUT2D eigenvalue weighted by atomic mass is 15.1. The zero-order valence-electron chi connectivity index (χ0n) is 24.6. The van der Waals surface area contributed by atoms with Crippen molar-refractivity contribution in [2.24, 2.45) is 0 Å². The minimum absolute atomic E-state index is 0.815. The zero-order chi connectivity index (χ0) is 25.0. The minimum Gasteiger partial charge on any atom is -0.306 e. The maximum Gasteiger partial charge on any atom is 0.00891 e. The van der Waals surface area contributed by atoms with E-state index in [0.29, 0.717) is 0 Å². The summed E-state index contributed by atoms with van der Waals surface area (Å²) in [5, 5.41) is 0. The molecule has 1 atom stereocenters. The van der Waals surface area contributed by atoms with Gasteiger partial charge < -0.3 is 4.90 Å². The van der Waals surface area contributed by atoms with Gasteiger partial charge in [0.25, 0.3) is 0 Å². The van der Waals surface area contributed by atoms with Crippen LogP contribution in [0.3, 0.4) is 0 Å². The fourth-order valence-electron chi connectivity index (χ4n) is 5.16. The third kappa shape index (κ3) is 26.3. The minimum atomic E-state index is 0.815. The van der Waals surface area contributed by atoms with Gasteiger partial charge in [-0.2, -0.15) is 0 Å². The molecule has 204 valence electrons. The summed E-state index contributed by atoms with van der Waals surface area (Å²) in [6.45, 7) is 4.60. The second-order valence-corrected chi connectivity index (χ2v) is 11.3. The summed E-state index contributed by atoms with van der Waals surface area (Å²) < 4.78 is 0. The van der Waals surface area contributed by atoms with Gasteiger partial charge in [0.05, 0.1) is 0 Å². The number of hydrogen-bond acceptors (Lipinski definition) is 1. The average molecular weight is 478 g/mol. The lowest BCUT2D eigenvalue weighted by atomic mass is 9.99. The normalized spacial score (nSPS) is 12.9. The molecule has 0 spiro atoms. The molecule has 0 bridgehead atoms. The largest absolute Gasteiger partial charge is 0.306 e. The molecule has 0 aliphatic heterocycles. The quantitative estimate of drug-likeness (QED) is 0.0799. The van der Waals surface area contributed by atoms with Gasteiger partial charge in [-0.15, -0.1) is 0 Å². The number of nitrogens with zero attached hydrogens (tertiary/aromatic N) is 1. The monoisotopic (exact) mass is 478 g/mol. The molecule has 0 saturated carbocycles. The lowest BCUT2D eigenvalue weighted by Crippen LogP contribution is -2.27. The molecule has 0 saturated heterocycles. The van der Waals surface area contributed by atoms with Crippen molar-refractivity contribution in [3.05, 3.63) is 12.2 Å². The molecule has 0 amide bonds. The summed E-state index contributed by atoms with van der Waals surface area (Å²) in [5.41, 5.74) is 0. The number of hydrogen-bond donors (Lipinski definition) is 0. The van der Waals surface area contributed by atoms with Crippen LogP contribution in [0.2, 0.25) is 0 Å². The fraction of sp³-hybridized carbons (Fsp3) is 0.939. The third-order valence-electron chi connectivity index (χ3n) is 7.67. The van der Waals surface area contributed by atoms with E-state index in [4.69, 9.17) is 0 Å². The molecule has 0 radical (unpaired) electrons. The predicted molar refractivity (Wildman–Crippen MR) is 158 cm³/mol. The van der Waals surface area contributed by atoms with E-state index in [2.05, 4.69) is 45.0 Å². The van der Waals surface area contributed by atoms with Gasteiger partial charge in [0.1, 0.15) is 0 Å². The van der Waals surface area contributed by atoms with E-state index in [1.165, 1.54) is 167 Å². The van der Waals surface area contributed by atoms with Crippen LogP contribution in [-0.4, -0.2) is 25.0 Å². The first-order valence-corrected chi connectivity index (χ1v) is 16.0. The Morgan fingerprint density at radius 1 is 0.412 bits per heavy atom. The molecule has 0 heterocycles. The summed E-state index contributed by atoms with van der Waals surface area (Å²) in [6.07, 6.45) is 41.9. The first-order valence-electron chi connectivity index (χ1n) is 16.0. The van der Waals surface area contributed by atoms with Crippen LogP contribution in [0.1, 0.15) is 181 Å². The van der Waals surface area contributed by atoms with E-state index in [0.717, 1.165) is 6.04 Å². The molecule has 0 N–H and O–H groups in total. The van der Waals surface area contributed by atoms with Gasteiger partial charge in [-0.05, 0) is 52.6 Å². The van der Waals surface area contributed by atoms with Gasteiger partial charge in [0.2, 0.25) is 0 Å². The summed E-state index contributed by atoms with van der Waals surface area (Å²) in [6, 6.07) is 0.815. The highest BCUT2D eigenvalue weighted by molar-refractivity contribution is 4.81. The van der Waals surface area contributed by atoms with Crippen molar-refractivity contribution in [1.82, 2.24) is 4.90 Å². The Labute approximate surface area is 217 Å². The van der Waals surface area contributed by atoms with Gasteiger partial charge in [0.15, 0.2) is 0 Å². The van der Waals surface area contributed by atoms with Crippen molar-refractivity contribution in [3.8, 4) is 0 Å². The highest BCUT2D eigenvalue weighted by Crippen LogP contribution is 2.18. The van der Waals surface area contributed by atoms with Crippen molar-refractivity contribution in [1.29, 1.82) is 0 Å². The molecule has 1 heteroatoms. The summed E-state index contributed by atoms with van der Waals surface area (Å²) >= 11 is 0. The molecule has 0 rings (SSSR count). The van der Waals surface area contributed by atoms with E-state index < -0.39 is 0 Å². The van der Waals surface area contributed by atoms with E-state index in [1.807, 2.05) is 0 Å². The van der Waals surface area contributed by atoms with Crippen molar-refractivity contribution in [2.45, 2.75) is 187 Å². The second-order valence-electron chi connectivity index (χ2n) is 11.3. The van der Waals surface area contributed by atoms with Crippen LogP contribution >= 0.6 is 0 Å². The second kappa shape index (κ2) is 28.9. The predicted octanol–water partition coefficient (Wildman–Crippen LogP) is 11.7. The SMILES string of the molecule is CCCCCCCC/C=C\CCCCCCCCCCC[C@@H](CCCCCCCCC)N(C)C. The van der Waals surface area contributed by atoms with Gasteiger partial charge in [0, 0.05) is 6.04 Å². The van der Waals surface area contributed by atoms with Crippen molar-refractivity contribution in [2.75, 3.05) is 14.1 Å². The van der Waals surface area contributed by atoms with Crippen molar-refractivity contribution < 1.29 is 0 Å². The van der Waals surface area contributed by atoms with Gasteiger partial charge in [-0.25, -0.2) is 0 Å². The Balaban J connectivity index is 3.37. The first kappa shape index (κ1) is 33.7. The molecule has 0 aromatic rings. The zero-order valence-corrected chi connectivity index (χ0v) is 24.6. The van der Waals surface area contributed by atoms with E-state index in [1.54, 1.807) is 0 Å². The summed E-state index contributed by atoms with van der Waals surface area (Å²) in [4.78, 5) is 2.49. The first-order chi connectivity index (χ1) is 16.7. The molecule has 0 aromatic heterocycles. The lowest BCUT2D eigenvalue weighted by Gasteiger charge is -2.24. The maximum absolute atomic E-state index is 2.49. The van der Waals surface area contributed by atoms with Crippen LogP contribution < -0.4 is 0 Å². The molecule has 34 heavy (non-hydrogen) atoms. The van der Waals surface area contributed by atoms with E-state index in [9.17, 15) is 0 Å². The maximum atomic E-state index is 2.49. The smallest absolute Gasteiger partial charge is 0.00891 e. The Hall–Kier alpha value is -0.300. The van der Waals surface area contributed by atoms with Crippen LogP contribution in [0.25, 0.3) is 0 Å². The summed E-state index contributed by atoms with van der Waals surface area (Å²) in [7, 11) is 4.58. The van der Waals surface area contributed by atoms with E-state index in [-0.39, 0.29) is 0 Å². The third-order valence-corrected chi connectivity index (χ3v) is 7.67. The van der Waals surface area contributed by atoms with Crippen molar-refractivity contribution in [3.63, 3.8) is 0 Å². The Morgan fingerprint density at radius 2 is 0.706 bits per heavy atom.